The molecule has 0 unspecified atom stereocenters. The van der Waals surface area contributed by atoms with Crippen LogP contribution in [0.5, 0.6) is 5.75 Å². The monoisotopic (exact) mass is 334 g/mol. The minimum atomic E-state index is -0.343. The zero-order valence-corrected chi connectivity index (χ0v) is 14.6. The summed E-state index contributed by atoms with van der Waals surface area (Å²) in [6.07, 6.45) is 0.911. The zero-order valence-electron chi connectivity index (χ0n) is 14.6. The number of ether oxygens (including phenoxy) is 2. The molecule has 0 radical (unpaired) electrons. The number of benzene rings is 1. The molecular weight excluding hydrogens is 308 g/mol. The lowest BCUT2D eigenvalue weighted by atomic mass is 9.83. The summed E-state index contributed by atoms with van der Waals surface area (Å²) in [5, 5.41) is 2.89. The van der Waals surface area contributed by atoms with Gasteiger partial charge in [0.2, 0.25) is 11.8 Å². The van der Waals surface area contributed by atoms with E-state index in [2.05, 4.69) is 5.32 Å². The highest BCUT2D eigenvalue weighted by Gasteiger charge is 2.41. The molecule has 1 N–H and O–H groups in total. The van der Waals surface area contributed by atoms with Crippen LogP contribution in [0.1, 0.15) is 31.4 Å². The molecule has 1 aromatic rings. The lowest BCUT2D eigenvalue weighted by Crippen LogP contribution is -2.49. The van der Waals surface area contributed by atoms with Crippen molar-refractivity contribution in [3.63, 3.8) is 0 Å². The molecule has 1 heterocycles. The smallest absolute Gasteiger partial charge is 0.225 e. The van der Waals surface area contributed by atoms with Crippen molar-refractivity contribution in [2.24, 2.45) is 5.92 Å². The average molecular weight is 334 g/mol. The first-order chi connectivity index (χ1) is 11.6. The maximum absolute atomic E-state index is 12.6. The normalized spacial score (nSPS) is 20.8. The number of rotatable bonds is 7. The quantitative estimate of drug-likeness (QED) is 0.825. The number of piperidine rings is 1. The average Bonchev–Trinajstić information content (AvgIpc) is 2.60. The van der Waals surface area contributed by atoms with Crippen LogP contribution >= 0.6 is 0 Å². The molecule has 132 valence electrons. The Bertz CT molecular complexity index is 574. The Hall–Kier alpha value is -2.08. The van der Waals surface area contributed by atoms with Crippen LogP contribution in [0.15, 0.2) is 24.3 Å². The molecule has 2 rings (SSSR count). The first-order valence-electron chi connectivity index (χ1n) is 8.33. The molecule has 0 aliphatic carbocycles. The van der Waals surface area contributed by atoms with Gasteiger partial charge in [0.15, 0.2) is 0 Å². The summed E-state index contributed by atoms with van der Waals surface area (Å²) < 4.78 is 10.6. The molecule has 6 nitrogen and oxygen atoms in total. The van der Waals surface area contributed by atoms with Gasteiger partial charge in [-0.25, -0.2) is 0 Å². The van der Waals surface area contributed by atoms with E-state index in [1.54, 1.807) is 19.1 Å². The van der Waals surface area contributed by atoms with Gasteiger partial charge in [-0.05, 0) is 19.4 Å². The van der Waals surface area contributed by atoms with Gasteiger partial charge in [-0.1, -0.05) is 18.2 Å². The number of nitrogens with one attached hydrogen (secondary N) is 1. The molecule has 1 aromatic carbocycles. The van der Waals surface area contributed by atoms with Gasteiger partial charge < -0.3 is 19.7 Å². The Kier molecular flexibility index (Phi) is 6.61. The van der Waals surface area contributed by atoms with Crippen molar-refractivity contribution >= 4 is 11.8 Å². The van der Waals surface area contributed by atoms with Crippen molar-refractivity contribution in [3.8, 4) is 5.75 Å². The van der Waals surface area contributed by atoms with Crippen molar-refractivity contribution in [2.45, 2.75) is 25.8 Å². The molecule has 0 aromatic heterocycles. The molecular formula is C18H26N2O4. The second kappa shape index (κ2) is 8.68. The van der Waals surface area contributed by atoms with Crippen molar-refractivity contribution in [3.05, 3.63) is 29.8 Å². The van der Waals surface area contributed by atoms with Gasteiger partial charge in [0.1, 0.15) is 5.75 Å². The van der Waals surface area contributed by atoms with Crippen LogP contribution in [0.2, 0.25) is 0 Å². The number of likely N-dealkylation sites (tertiary alicyclic amines) is 1. The summed E-state index contributed by atoms with van der Waals surface area (Å²) in [4.78, 5) is 26.8. The van der Waals surface area contributed by atoms with Crippen molar-refractivity contribution in [1.82, 2.24) is 10.2 Å². The molecule has 2 atom stereocenters. The molecule has 1 aliphatic rings. The van der Waals surface area contributed by atoms with Gasteiger partial charge in [-0.2, -0.15) is 0 Å². The summed E-state index contributed by atoms with van der Waals surface area (Å²) in [6, 6.07) is 7.23. The van der Waals surface area contributed by atoms with E-state index in [9.17, 15) is 9.59 Å². The molecule has 0 saturated carbocycles. The predicted molar refractivity (Wildman–Crippen MR) is 90.7 cm³/mol. The maximum atomic E-state index is 12.6. The van der Waals surface area contributed by atoms with Gasteiger partial charge in [-0.15, -0.1) is 0 Å². The second-order valence-corrected chi connectivity index (χ2v) is 5.81. The topological polar surface area (TPSA) is 67.9 Å². The fraction of sp³-hybridized carbons (Fsp3) is 0.556. The van der Waals surface area contributed by atoms with E-state index in [0.717, 1.165) is 5.56 Å². The van der Waals surface area contributed by atoms with Crippen molar-refractivity contribution in [2.75, 3.05) is 33.9 Å². The molecule has 1 saturated heterocycles. The second-order valence-electron chi connectivity index (χ2n) is 5.81. The fourth-order valence-electron chi connectivity index (χ4n) is 3.28. The Morgan fingerprint density at radius 3 is 2.75 bits per heavy atom. The summed E-state index contributed by atoms with van der Waals surface area (Å²) in [5.74, 6) is 0.413. The Balaban J connectivity index is 2.43. The number of amides is 2. The zero-order chi connectivity index (χ0) is 17.5. The number of hydrogen-bond acceptors (Lipinski definition) is 4. The van der Waals surface area contributed by atoms with Gasteiger partial charge >= 0.3 is 0 Å². The summed E-state index contributed by atoms with van der Waals surface area (Å²) in [6.45, 7) is 3.35. The highest BCUT2D eigenvalue weighted by molar-refractivity contribution is 5.85. The molecule has 1 fully saturated rings. The lowest BCUT2D eigenvalue weighted by molar-refractivity contribution is -0.144. The molecule has 6 heteroatoms. The van der Waals surface area contributed by atoms with E-state index in [1.807, 2.05) is 31.2 Å². The number of carbonyl (C=O) groups excluding carboxylic acids is 2. The van der Waals surface area contributed by atoms with E-state index >= 15 is 0 Å². The molecule has 24 heavy (non-hydrogen) atoms. The fourth-order valence-corrected chi connectivity index (χ4v) is 3.28. The van der Waals surface area contributed by atoms with Crippen LogP contribution < -0.4 is 10.1 Å². The Labute approximate surface area is 143 Å². The molecule has 2 amide bonds. The van der Waals surface area contributed by atoms with Crippen LogP contribution in [0.4, 0.5) is 0 Å². The van der Waals surface area contributed by atoms with Gasteiger partial charge in [0.05, 0.1) is 25.7 Å². The number of methoxy groups -OCH3 is 2. The van der Waals surface area contributed by atoms with E-state index in [4.69, 9.17) is 9.47 Å². The van der Waals surface area contributed by atoms with E-state index in [1.165, 1.54) is 0 Å². The van der Waals surface area contributed by atoms with Gasteiger partial charge in [0.25, 0.3) is 0 Å². The molecule has 0 bridgehead atoms. The maximum Gasteiger partial charge on any atom is 0.225 e. The van der Waals surface area contributed by atoms with Crippen LogP contribution in [0, 0.1) is 5.92 Å². The minimum Gasteiger partial charge on any atom is -0.496 e. The number of para-hydroxylation sites is 1. The third-order valence-electron chi connectivity index (χ3n) is 4.39. The summed E-state index contributed by atoms with van der Waals surface area (Å²) >= 11 is 0. The summed E-state index contributed by atoms with van der Waals surface area (Å²) in [7, 11) is 3.21. The third kappa shape index (κ3) is 3.87. The number of carbonyl (C=O) groups is 2. The van der Waals surface area contributed by atoms with E-state index in [-0.39, 0.29) is 23.8 Å². The van der Waals surface area contributed by atoms with Gasteiger partial charge in [-0.3, -0.25) is 9.59 Å². The van der Waals surface area contributed by atoms with E-state index in [0.29, 0.717) is 38.3 Å². The Morgan fingerprint density at radius 2 is 2.08 bits per heavy atom. The van der Waals surface area contributed by atoms with Crippen LogP contribution in [-0.2, 0) is 14.3 Å². The standard InChI is InChI=1S/C18H26N2O4/c1-4-19-18(22)14-9-10-16(21)20(11-12-23-2)17(14)13-7-5-6-8-15(13)24-3/h5-8,14,17H,4,9-12H2,1-3H3,(H,19,22)/t14-,17+/m1/s1. The number of nitrogens with zero attached hydrogens (tertiary/aromatic N) is 1. The van der Waals surface area contributed by atoms with Gasteiger partial charge in [0, 0.05) is 32.2 Å². The highest BCUT2D eigenvalue weighted by Crippen LogP contribution is 2.40. The third-order valence-corrected chi connectivity index (χ3v) is 4.39. The van der Waals surface area contributed by atoms with E-state index < -0.39 is 0 Å². The minimum absolute atomic E-state index is 0.0247. The molecule has 1 aliphatic heterocycles. The van der Waals surface area contributed by atoms with Crippen LogP contribution in [0.3, 0.4) is 0 Å². The predicted octanol–water partition coefficient (Wildman–Crippen LogP) is 1.76. The largest absolute Gasteiger partial charge is 0.496 e. The Morgan fingerprint density at radius 1 is 1.33 bits per heavy atom. The lowest BCUT2D eigenvalue weighted by Gasteiger charge is -2.41. The van der Waals surface area contributed by atoms with Crippen molar-refractivity contribution < 1.29 is 19.1 Å². The highest BCUT2D eigenvalue weighted by atomic mass is 16.5. The number of hydrogen-bond donors (Lipinski definition) is 1. The first-order valence-corrected chi connectivity index (χ1v) is 8.33. The SMILES string of the molecule is CCNC(=O)[C@@H]1CCC(=O)N(CCOC)[C@H]1c1ccccc1OC. The van der Waals surface area contributed by atoms with Crippen molar-refractivity contribution in [1.29, 1.82) is 0 Å². The summed E-state index contributed by atoms with van der Waals surface area (Å²) in [5.41, 5.74) is 0.861. The van der Waals surface area contributed by atoms with Crippen LogP contribution in [0.25, 0.3) is 0 Å². The van der Waals surface area contributed by atoms with Crippen LogP contribution in [-0.4, -0.2) is 50.6 Å². The molecule has 0 spiro atoms. The first kappa shape index (κ1) is 18.3.